The smallest absolute Gasteiger partial charge is 0.258 e. The van der Waals surface area contributed by atoms with Gasteiger partial charge in [-0.1, -0.05) is 30.3 Å². The lowest BCUT2D eigenvalue weighted by molar-refractivity contribution is -0.125. The molecule has 29 heavy (non-hydrogen) atoms. The standard InChI is InChI=1S/C21H24N2O5S/c24-19-16-5-2-1-4-15(16)7-8-17(19)21(26)23-10-3-6-18(23)20(25)22-12-14-9-11-29(27,28)13-14/h1-2,4-5,7-8,14,18,24H,3,6,9-13H2,(H,22,25). The van der Waals surface area contributed by atoms with Crippen molar-refractivity contribution in [2.75, 3.05) is 24.6 Å². The van der Waals surface area contributed by atoms with Crippen LogP contribution in [-0.2, 0) is 14.6 Å². The molecule has 0 saturated carbocycles. The number of phenols is 1. The Morgan fingerprint density at radius 1 is 1.14 bits per heavy atom. The SMILES string of the molecule is O=C(NCC1CCS(=O)(=O)C1)C1CCCN1C(=O)c1ccc2ccccc2c1O. The molecule has 0 aromatic heterocycles. The predicted molar refractivity (Wildman–Crippen MR) is 109 cm³/mol. The van der Waals surface area contributed by atoms with Crippen LogP contribution in [0.2, 0.25) is 0 Å². The number of fused-ring (bicyclic) bond motifs is 1. The molecule has 154 valence electrons. The minimum atomic E-state index is -2.99. The van der Waals surface area contributed by atoms with Gasteiger partial charge in [-0.3, -0.25) is 9.59 Å². The van der Waals surface area contributed by atoms with E-state index < -0.39 is 15.9 Å². The van der Waals surface area contributed by atoms with Crippen molar-refractivity contribution in [1.29, 1.82) is 0 Å². The average molecular weight is 416 g/mol. The summed E-state index contributed by atoms with van der Waals surface area (Å²) >= 11 is 0. The summed E-state index contributed by atoms with van der Waals surface area (Å²) in [6.07, 6.45) is 1.81. The van der Waals surface area contributed by atoms with Gasteiger partial charge in [0.25, 0.3) is 5.91 Å². The van der Waals surface area contributed by atoms with Crippen molar-refractivity contribution in [1.82, 2.24) is 10.2 Å². The zero-order valence-corrected chi connectivity index (χ0v) is 16.8. The third kappa shape index (κ3) is 3.94. The van der Waals surface area contributed by atoms with Crippen LogP contribution in [0.25, 0.3) is 10.8 Å². The summed E-state index contributed by atoms with van der Waals surface area (Å²) in [5.74, 6) is -0.502. The molecule has 4 rings (SSSR count). The Kier molecular flexibility index (Phi) is 5.21. The molecule has 0 aliphatic carbocycles. The second-order valence-corrected chi connectivity index (χ2v) is 10.1. The fourth-order valence-electron chi connectivity index (χ4n) is 4.26. The van der Waals surface area contributed by atoms with Crippen LogP contribution in [0.3, 0.4) is 0 Å². The Morgan fingerprint density at radius 2 is 1.93 bits per heavy atom. The van der Waals surface area contributed by atoms with Gasteiger partial charge in [0.2, 0.25) is 5.91 Å². The first-order chi connectivity index (χ1) is 13.9. The zero-order valence-electron chi connectivity index (χ0n) is 16.0. The molecular weight excluding hydrogens is 392 g/mol. The molecule has 2 fully saturated rings. The molecule has 2 N–H and O–H groups in total. The monoisotopic (exact) mass is 416 g/mol. The van der Waals surface area contributed by atoms with Crippen molar-refractivity contribution < 1.29 is 23.1 Å². The average Bonchev–Trinajstić information content (AvgIpc) is 3.32. The van der Waals surface area contributed by atoms with Gasteiger partial charge < -0.3 is 15.3 Å². The highest BCUT2D eigenvalue weighted by Crippen LogP contribution is 2.31. The van der Waals surface area contributed by atoms with Crippen molar-refractivity contribution in [3.63, 3.8) is 0 Å². The van der Waals surface area contributed by atoms with Crippen molar-refractivity contribution >= 4 is 32.4 Å². The van der Waals surface area contributed by atoms with Gasteiger partial charge in [0.05, 0.1) is 17.1 Å². The van der Waals surface area contributed by atoms with Crippen LogP contribution in [-0.4, -0.2) is 60.9 Å². The molecule has 2 aliphatic heterocycles. The minimum Gasteiger partial charge on any atom is -0.506 e. The fraction of sp³-hybridized carbons (Fsp3) is 0.429. The molecular formula is C21H24N2O5S. The van der Waals surface area contributed by atoms with Crippen LogP contribution in [0, 0.1) is 5.92 Å². The molecule has 7 nitrogen and oxygen atoms in total. The molecule has 2 aromatic rings. The fourth-order valence-corrected chi connectivity index (χ4v) is 6.12. The van der Waals surface area contributed by atoms with Crippen LogP contribution in [0.4, 0.5) is 0 Å². The number of hydrogen-bond donors (Lipinski definition) is 2. The van der Waals surface area contributed by atoms with Crippen LogP contribution >= 0.6 is 0 Å². The van der Waals surface area contributed by atoms with E-state index in [4.69, 9.17) is 0 Å². The molecule has 2 atom stereocenters. The van der Waals surface area contributed by atoms with Gasteiger partial charge in [0.15, 0.2) is 9.84 Å². The highest BCUT2D eigenvalue weighted by molar-refractivity contribution is 7.91. The van der Waals surface area contributed by atoms with Crippen molar-refractivity contribution in [2.45, 2.75) is 25.3 Å². The normalized spacial score (nSPS) is 23.4. The van der Waals surface area contributed by atoms with Gasteiger partial charge in [0, 0.05) is 18.5 Å². The lowest BCUT2D eigenvalue weighted by atomic mass is 10.0. The Labute approximate surface area is 169 Å². The van der Waals surface area contributed by atoms with Crippen LogP contribution in [0.15, 0.2) is 36.4 Å². The number of amides is 2. The number of nitrogens with zero attached hydrogens (tertiary/aromatic N) is 1. The molecule has 0 radical (unpaired) electrons. The lowest BCUT2D eigenvalue weighted by Gasteiger charge is -2.25. The molecule has 8 heteroatoms. The van der Waals surface area contributed by atoms with E-state index in [1.807, 2.05) is 12.1 Å². The van der Waals surface area contributed by atoms with Crippen molar-refractivity contribution in [2.24, 2.45) is 5.92 Å². The topological polar surface area (TPSA) is 104 Å². The number of rotatable bonds is 4. The molecule has 2 unspecified atom stereocenters. The first-order valence-electron chi connectivity index (χ1n) is 9.85. The Hall–Kier alpha value is -2.61. The molecule has 0 bridgehead atoms. The van der Waals surface area contributed by atoms with E-state index in [9.17, 15) is 23.1 Å². The first-order valence-corrected chi connectivity index (χ1v) is 11.7. The number of phenolic OH excluding ortho intramolecular Hbond substituents is 1. The van der Waals surface area contributed by atoms with Crippen molar-refractivity contribution in [3.8, 4) is 5.75 Å². The van der Waals surface area contributed by atoms with E-state index in [1.165, 1.54) is 4.90 Å². The summed E-state index contributed by atoms with van der Waals surface area (Å²) in [5.41, 5.74) is 0.185. The number of likely N-dealkylation sites (tertiary alicyclic amines) is 1. The number of benzene rings is 2. The van der Waals surface area contributed by atoms with Gasteiger partial charge in [-0.2, -0.15) is 0 Å². The Morgan fingerprint density at radius 3 is 2.69 bits per heavy atom. The highest BCUT2D eigenvalue weighted by atomic mass is 32.2. The summed E-state index contributed by atoms with van der Waals surface area (Å²) in [6, 6.07) is 10.0. The summed E-state index contributed by atoms with van der Waals surface area (Å²) in [5, 5.41) is 14.9. The Balaban J connectivity index is 1.47. The van der Waals surface area contributed by atoms with Gasteiger partial charge >= 0.3 is 0 Å². The number of carbonyl (C=O) groups is 2. The number of hydrogen-bond acceptors (Lipinski definition) is 5. The van der Waals surface area contributed by atoms with E-state index in [1.54, 1.807) is 24.3 Å². The van der Waals surface area contributed by atoms with E-state index in [0.29, 0.717) is 37.7 Å². The lowest BCUT2D eigenvalue weighted by Crippen LogP contribution is -2.47. The molecule has 0 spiro atoms. The molecule has 2 heterocycles. The predicted octanol–water partition coefficient (Wildman–Crippen LogP) is 1.70. The third-order valence-corrected chi connectivity index (χ3v) is 7.68. The quantitative estimate of drug-likeness (QED) is 0.790. The summed E-state index contributed by atoms with van der Waals surface area (Å²) in [7, 11) is -2.99. The summed E-state index contributed by atoms with van der Waals surface area (Å²) in [6.45, 7) is 0.749. The number of aromatic hydroxyl groups is 1. The number of sulfone groups is 1. The van der Waals surface area contributed by atoms with Gasteiger partial charge in [0.1, 0.15) is 11.8 Å². The van der Waals surface area contributed by atoms with Gasteiger partial charge in [-0.25, -0.2) is 8.42 Å². The number of nitrogens with one attached hydrogen (secondary N) is 1. The summed E-state index contributed by atoms with van der Waals surface area (Å²) in [4.78, 5) is 27.3. The summed E-state index contributed by atoms with van der Waals surface area (Å²) < 4.78 is 23.2. The molecule has 2 saturated heterocycles. The third-order valence-electron chi connectivity index (χ3n) is 5.84. The first kappa shape index (κ1) is 19.7. The zero-order chi connectivity index (χ0) is 20.6. The maximum Gasteiger partial charge on any atom is 0.258 e. The van der Waals surface area contributed by atoms with Crippen LogP contribution < -0.4 is 5.32 Å². The van der Waals surface area contributed by atoms with Gasteiger partial charge in [-0.15, -0.1) is 0 Å². The van der Waals surface area contributed by atoms with E-state index in [-0.39, 0.29) is 40.6 Å². The minimum absolute atomic E-state index is 0.0703. The molecule has 2 amide bonds. The molecule has 2 aliphatic rings. The van der Waals surface area contributed by atoms with E-state index in [0.717, 1.165) is 5.39 Å². The van der Waals surface area contributed by atoms with Crippen LogP contribution in [0.5, 0.6) is 5.75 Å². The number of carbonyl (C=O) groups excluding carboxylic acids is 2. The maximum atomic E-state index is 13.1. The molecule has 2 aromatic carbocycles. The van der Waals surface area contributed by atoms with E-state index in [2.05, 4.69) is 5.32 Å². The van der Waals surface area contributed by atoms with Crippen LogP contribution in [0.1, 0.15) is 29.6 Å². The van der Waals surface area contributed by atoms with Gasteiger partial charge in [-0.05, 0) is 36.6 Å². The largest absolute Gasteiger partial charge is 0.506 e. The van der Waals surface area contributed by atoms with E-state index >= 15 is 0 Å². The second-order valence-electron chi connectivity index (χ2n) is 7.85. The maximum absolute atomic E-state index is 13.1. The van der Waals surface area contributed by atoms with Crippen molar-refractivity contribution in [3.05, 3.63) is 42.0 Å². The highest BCUT2D eigenvalue weighted by Gasteiger charge is 2.36. The second kappa shape index (κ2) is 7.67. The Bertz CT molecular complexity index is 1070.